The summed E-state index contributed by atoms with van der Waals surface area (Å²) in [4.78, 5) is 38.0. The molecule has 6 heteroatoms. The average molecular weight is 905 g/mol. The third kappa shape index (κ3) is 51.4. The van der Waals surface area contributed by atoms with Gasteiger partial charge in [0.15, 0.2) is 6.10 Å². The van der Waals surface area contributed by atoms with Crippen molar-refractivity contribution >= 4 is 17.9 Å². The van der Waals surface area contributed by atoms with Gasteiger partial charge in [0.1, 0.15) is 13.2 Å². The van der Waals surface area contributed by atoms with E-state index in [1.165, 1.54) is 128 Å². The third-order valence-corrected chi connectivity index (χ3v) is 11.4. The van der Waals surface area contributed by atoms with Crippen LogP contribution in [0.15, 0.2) is 85.1 Å². The average Bonchev–Trinajstić information content (AvgIpc) is 3.30. The molecule has 0 unspecified atom stereocenters. The maximum atomic E-state index is 12.8. The summed E-state index contributed by atoms with van der Waals surface area (Å²) in [5.74, 6) is -0.989. The van der Waals surface area contributed by atoms with Crippen molar-refractivity contribution in [3.05, 3.63) is 85.1 Å². The second-order valence-corrected chi connectivity index (χ2v) is 17.8. The molecule has 0 aliphatic heterocycles. The smallest absolute Gasteiger partial charge is 0.306 e. The quantitative estimate of drug-likeness (QED) is 0.0262. The molecule has 0 aliphatic rings. The van der Waals surface area contributed by atoms with E-state index in [1.807, 2.05) is 6.08 Å². The zero-order valence-corrected chi connectivity index (χ0v) is 42.5. The van der Waals surface area contributed by atoms with Gasteiger partial charge in [-0.15, -0.1) is 0 Å². The Morgan fingerprint density at radius 1 is 0.323 bits per heavy atom. The standard InChI is InChI=1S/C59H100O6/c1-4-7-10-13-16-19-22-25-27-28-29-30-32-34-37-40-43-46-49-52-58(61)64-55-56(54-63-57(60)51-48-45-42-39-36-33-24-21-18-15-12-9-6-3)65-59(62)53-50-47-44-41-38-35-31-26-23-20-17-14-11-8-5-2/h7,10,16,19-20,23,25,27,29-30,34,37,43,46,56H,4-6,8-9,11-15,17-18,21-22,24,26,28,31-33,35-36,38-42,44-45,47-55H2,1-3H3/b10-7-,19-16-,23-20-,27-25-,30-29-,37-34-,46-43-/t56-/m0/s1. The van der Waals surface area contributed by atoms with E-state index in [9.17, 15) is 14.4 Å². The van der Waals surface area contributed by atoms with Gasteiger partial charge in [-0.2, -0.15) is 0 Å². The van der Waals surface area contributed by atoms with Gasteiger partial charge in [-0.05, 0) is 83.5 Å². The van der Waals surface area contributed by atoms with Crippen molar-refractivity contribution < 1.29 is 28.6 Å². The zero-order valence-electron chi connectivity index (χ0n) is 42.5. The molecule has 0 saturated carbocycles. The molecule has 0 aliphatic carbocycles. The van der Waals surface area contributed by atoms with Crippen LogP contribution in [0, 0.1) is 0 Å². The lowest BCUT2D eigenvalue weighted by Gasteiger charge is -2.18. The molecule has 6 nitrogen and oxygen atoms in total. The van der Waals surface area contributed by atoms with Crippen LogP contribution >= 0.6 is 0 Å². The van der Waals surface area contributed by atoms with Gasteiger partial charge in [-0.25, -0.2) is 0 Å². The number of hydrogen-bond acceptors (Lipinski definition) is 6. The number of esters is 3. The van der Waals surface area contributed by atoms with E-state index in [0.717, 1.165) is 77.0 Å². The Balaban J connectivity index is 4.49. The number of carbonyl (C=O) groups excluding carboxylic acids is 3. The molecule has 0 fully saturated rings. The van der Waals surface area contributed by atoms with Crippen LogP contribution in [0.5, 0.6) is 0 Å². The van der Waals surface area contributed by atoms with E-state index >= 15 is 0 Å². The molecule has 0 aromatic carbocycles. The lowest BCUT2D eigenvalue weighted by atomic mass is 10.0. The fourth-order valence-electron chi connectivity index (χ4n) is 7.35. The topological polar surface area (TPSA) is 78.9 Å². The molecule has 0 rings (SSSR count). The van der Waals surface area contributed by atoms with Crippen LogP contribution in [-0.2, 0) is 28.6 Å². The Morgan fingerprint density at radius 2 is 0.631 bits per heavy atom. The highest BCUT2D eigenvalue weighted by atomic mass is 16.6. The minimum absolute atomic E-state index is 0.0997. The highest BCUT2D eigenvalue weighted by molar-refractivity contribution is 5.71. The van der Waals surface area contributed by atoms with Crippen molar-refractivity contribution in [2.45, 2.75) is 258 Å². The van der Waals surface area contributed by atoms with Gasteiger partial charge in [-0.3, -0.25) is 14.4 Å². The highest BCUT2D eigenvalue weighted by Gasteiger charge is 2.19. The first-order valence-corrected chi connectivity index (χ1v) is 27.1. The number of carbonyl (C=O) groups is 3. The predicted molar refractivity (Wildman–Crippen MR) is 279 cm³/mol. The Kier molecular flexibility index (Phi) is 50.4. The summed E-state index contributed by atoms with van der Waals surface area (Å²) in [6, 6.07) is 0. The zero-order chi connectivity index (χ0) is 47.2. The number of hydrogen-bond donors (Lipinski definition) is 0. The molecular formula is C59H100O6. The molecule has 0 aromatic heterocycles. The Hall–Kier alpha value is -3.41. The van der Waals surface area contributed by atoms with Gasteiger partial charge in [0, 0.05) is 19.3 Å². The molecule has 1 atom stereocenters. The second kappa shape index (κ2) is 53.2. The van der Waals surface area contributed by atoms with Crippen molar-refractivity contribution in [3.8, 4) is 0 Å². The molecule has 0 spiro atoms. The maximum absolute atomic E-state index is 12.8. The van der Waals surface area contributed by atoms with Gasteiger partial charge >= 0.3 is 17.9 Å². The third-order valence-electron chi connectivity index (χ3n) is 11.4. The monoisotopic (exact) mass is 905 g/mol. The van der Waals surface area contributed by atoms with E-state index < -0.39 is 6.10 Å². The van der Waals surface area contributed by atoms with Crippen molar-refractivity contribution in [1.29, 1.82) is 0 Å². The first-order chi connectivity index (χ1) is 32.0. The van der Waals surface area contributed by atoms with E-state index in [0.29, 0.717) is 19.3 Å². The van der Waals surface area contributed by atoms with E-state index in [2.05, 4.69) is 99.8 Å². The van der Waals surface area contributed by atoms with Gasteiger partial charge in [0.2, 0.25) is 0 Å². The molecule has 0 bridgehead atoms. The predicted octanol–water partition coefficient (Wildman–Crippen LogP) is 18.0. The Bertz CT molecular complexity index is 1270. The lowest BCUT2D eigenvalue weighted by molar-refractivity contribution is -0.166. The lowest BCUT2D eigenvalue weighted by Crippen LogP contribution is -2.30. The Labute approximate surface area is 401 Å². The van der Waals surface area contributed by atoms with Gasteiger partial charge < -0.3 is 14.2 Å². The molecular weight excluding hydrogens is 805 g/mol. The fraction of sp³-hybridized carbons (Fsp3) is 0.712. The molecule has 0 heterocycles. The van der Waals surface area contributed by atoms with Crippen LogP contribution < -0.4 is 0 Å². The fourth-order valence-corrected chi connectivity index (χ4v) is 7.35. The molecule has 0 amide bonds. The van der Waals surface area contributed by atoms with Crippen LogP contribution in [0.3, 0.4) is 0 Å². The van der Waals surface area contributed by atoms with E-state index in [1.54, 1.807) is 0 Å². The maximum Gasteiger partial charge on any atom is 0.306 e. The number of rotatable bonds is 48. The Morgan fingerprint density at radius 3 is 1.05 bits per heavy atom. The first kappa shape index (κ1) is 61.6. The first-order valence-electron chi connectivity index (χ1n) is 27.1. The molecule has 65 heavy (non-hydrogen) atoms. The van der Waals surface area contributed by atoms with Gasteiger partial charge in [-0.1, -0.05) is 234 Å². The van der Waals surface area contributed by atoms with Gasteiger partial charge in [0.05, 0.1) is 0 Å². The van der Waals surface area contributed by atoms with Crippen LogP contribution in [0.25, 0.3) is 0 Å². The second-order valence-electron chi connectivity index (χ2n) is 17.8. The summed E-state index contributed by atoms with van der Waals surface area (Å²) in [6.45, 7) is 6.45. The summed E-state index contributed by atoms with van der Waals surface area (Å²) >= 11 is 0. The molecule has 0 N–H and O–H groups in total. The van der Waals surface area contributed by atoms with Crippen molar-refractivity contribution in [1.82, 2.24) is 0 Å². The van der Waals surface area contributed by atoms with Crippen LogP contribution in [-0.4, -0.2) is 37.2 Å². The summed E-state index contributed by atoms with van der Waals surface area (Å²) in [5, 5.41) is 0. The number of ether oxygens (including phenoxy) is 3. The van der Waals surface area contributed by atoms with Crippen molar-refractivity contribution in [2.75, 3.05) is 13.2 Å². The minimum atomic E-state index is -0.807. The molecule has 372 valence electrons. The largest absolute Gasteiger partial charge is 0.462 e. The van der Waals surface area contributed by atoms with E-state index in [-0.39, 0.29) is 37.5 Å². The number of unbranched alkanes of at least 4 members (excludes halogenated alkanes) is 23. The summed E-state index contributed by atoms with van der Waals surface area (Å²) in [6.07, 6.45) is 68.6. The van der Waals surface area contributed by atoms with Crippen LogP contribution in [0.2, 0.25) is 0 Å². The summed E-state index contributed by atoms with van der Waals surface area (Å²) in [7, 11) is 0. The van der Waals surface area contributed by atoms with E-state index in [4.69, 9.17) is 14.2 Å². The molecule has 0 aromatic rings. The molecule has 0 radical (unpaired) electrons. The molecule has 0 saturated heterocycles. The SMILES string of the molecule is CC/C=C\C/C=C\C/C=C\C/C=C\C/C=C\C/C=C\CCC(=O)OC[C@H](COC(=O)CCCCCCCCCCCCCCC)OC(=O)CCCCCCCCC/C=C\CCCCCC. The summed E-state index contributed by atoms with van der Waals surface area (Å²) in [5.41, 5.74) is 0. The van der Waals surface area contributed by atoms with Crippen LogP contribution in [0.1, 0.15) is 252 Å². The van der Waals surface area contributed by atoms with Crippen LogP contribution in [0.4, 0.5) is 0 Å². The van der Waals surface area contributed by atoms with Gasteiger partial charge in [0.25, 0.3) is 0 Å². The van der Waals surface area contributed by atoms with Crippen molar-refractivity contribution in [3.63, 3.8) is 0 Å². The number of allylic oxidation sites excluding steroid dienone is 14. The minimum Gasteiger partial charge on any atom is -0.462 e. The normalized spacial score (nSPS) is 12.7. The summed E-state index contributed by atoms with van der Waals surface area (Å²) < 4.78 is 16.8. The highest BCUT2D eigenvalue weighted by Crippen LogP contribution is 2.15. The van der Waals surface area contributed by atoms with Crippen molar-refractivity contribution in [2.24, 2.45) is 0 Å².